The fourth-order valence-corrected chi connectivity index (χ4v) is 1.08. The summed E-state index contributed by atoms with van der Waals surface area (Å²) < 4.78 is 5.18. The number of rotatable bonds is 4. The average molecular weight is 221 g/mol. The molecule has 1 rings (SSSR count). The van der Waals surface area contributed by atoms with Gasteiger partial charge in [0.2, 0.25) is 0 Å². The Morgan fingerprint density at radius 2 is 1.88 bits per heavy atom. The van der Waals surface area contributed by atoms with E-state index in [1.165, 1.54) is 0 Å². The van der Waals surface area contributed by atoms with Crippen LogP contribution in [0.25, 0.3) is 6.08 Å². The van der Waals surface area contributed by atoms with Crippen molar-refractivity contribution in [2.24, 2.45) is 11.7 Å². The van der Waals surface area contributed by atoms with E-state index in [-0.39, 0.29) is 6.10 Å². The lowest BCUT2D eigenvalue weighted by Crippen LogP contribution is -2.05. The van der Waals surface area contributed by atoms with Gasteiger partial charge in [0.05, 0.1) is 6.10 Å². The highest BCUT2D eigenvalue weighted by molar-refractivity contribution is 5.44. The largest absolute Gasteiger partial charge is 0.402 e. The highest BCUT2D eigenvalue weighted by Crippen LogP contribution is 2.13. The second kappa shape index (κ2) is 5.61. The number of nitrogens with two attached hydrogens (primary N) is 1. The third-order valence-corrected chi connectivity index (χ3v) is 2.48. The minimum Gasteiger partial charge on any atom is -0.402 e. The second-order valence-electron chi connectivity index (χ2n) is 4.05. The summed E-state index contributed by atoms with van der Waals surface area (Å²) in [6.45, 7) is 6.02. The maximum Gasteiger partial charge on any atom is 0.153 e. The Balaban J connectivity index is 2.83. The van der Waals surface area contributed by atoms with Gasteiger partial charge in [-0.2, -0.15) is 0 Å². The first kappa shape index (κ1) is 12.6. The summed E-state index contributed by atoms with van der Waals surface area (Å²) in [5, 5.41) is 0. The number of methoxy groups -OCH3 is 1. The molecule has 88 valence electrons. The summed E-state index contributed by atoms with van der Waals surface area (Å²) in [4.78, 5) is 8.45. The maximum atomic E-state index is 5.83. The molecular weight excluding hydrogens is 202 g/mol. The Labute approximate surface area is 96.6 Å². The summed E-state index contributed by atoms with van der Waals surface area (Å²) in [5.41, 5.74) is 7.57. The highest BCUT2D eigenvalue weighted by Gasteiger charge is 2.05. The summed E-state index contributed by atoms with van der Waals surface area (Å²) in [6.07, 6.45) is 5.34. The van der Waals surface area contributed by atoms with Gasteiger partial charge in [0.25, 0.3) is 0 Å². The zero-order valence-corrected chi connectivity index (χ0v) is 10.3. The lowest BCUT2D eigenvalue weighted by Gasteiger charge is -2.08. The normalized spacial score (nSPS) is 14.2. The molecule has 0 radical (unpaired) electrons. The SMILES string of the molecule is COC(C)c1cnc(/C=C(\N)C(C)C)nc1. The molecule has 16 heavy (non-hydrogen) atoms. The van der Waals surface area contributed by atoms with Gasteiger partial charge in [-0.3, -0.25) is 0 Å². The number of ether oxygens (including phenoxy) is 1. The van der Waals surface area contributed by atoms with E-state index in [0.29, 0.717) is 11.7 Å². The van der Waals surface area contributed by atoms with Gasteiger partial charge in [-0.15, -0.1) is 0 Å². The standard InChI is InChI=1S/C12H19N3O/c1-8(2)11(13)5-12-14-6-10(7-15-12)9(3)16-4/h5-9H,13H2,1-4H3/b11-5-. The van der Waals surface area contributed by atoms with Crippen LogP contribution < -0.4 is 5.73 Å². The third kappa shape index (κ3) is 3.31. The first-order valence-electron chi connectivity index (χ1n) is 5.36. The molecule has 0 amide bonds. The van der Waals surface area contributed by atoms with Gasteiger partial charge in [0, 0.05) is 36.8 Å². The molecule has 0 aliphatic rings. The zero-order valence-electron chi connectivity index (χ0n) is 10.3. The molecule has 0 fully saturated rings. The van der Waals surface area contributed by atoms with E-state index < -0.39 is 0 Å². The van der Waals surface area contributed by atoms with Crippen LogP contribution in [0.4, 0.5) is 0 Å². The molecule has 1 aromatic rings. The monoisotopic (exact) mass is 221 g/mol. The second-order valence-corrected chi connectivity index (χ2v) is 4.05. The van der Waals surface area contributed by atoms with Crippen LogP contribution in [-0.2, 0) is 4.74 Å². The Kier molecular flexibility index (Phi) is 4.43. The quantitative estimate of drug-likeness (QED) is 0.846. The van der Waals surface area contributed by atoms with Crippen molar-refractivity contribution in [1.29, 1.82) is 0 Å². The van der Waals surface area contributed by atoms with Crippen LogP contribution in [0.1, 0.15) is 38.3 Å². The molecule has 0 saturated carbocycles. The summed E-state index contributed by atoms with van der Waals surface area (Å²) in [7, 11) is 1.66. The van der Waals surface area contributed by atoms with Crippen molar-refractivity contribution in [1.82, 2.24) is 9.97 Å². The summed E-state index contributed by atoms with van der Waals surface area (Å²) in [6, 6.07) is 0. The molecule has 1 atom stereocenters. The molecule has 0 aromatic carbocycles. The summed E-state index contributed by atoms with van der Waals surface area (Å²) in [5.74, 6) is 0.944. The van der Waals surface area contributed by atoms with Crippen LogP contribution in [-0.4, -0.2) is 17.1 Å². The fourth-order valence-electron chi connectivity index (χ4n) is 1.08. The molecule has 0 saturated heterocycles. The van der Waals surface area contributed by atoms with E-state index in [4.69, 9.17) is 10.5 Å². The van der Waals surface area contributed by atoms with Crippen molar-refractivity contribution in [3.05, 3.63) is 29.5 Å². The number of nitrogens with zero attached hydrogens (tertiary/aromatic N) is 2. The van der Waals surface area contributed by atoms with Crippen molar-refractivity contribution >= 4 is 6.08 Å². The van der Waals surface area contributed by atoms with Crippen molar-refractivity contribution in [3.63, 3.8) is 0 Å². The minimum atomic E-state index is 0.0143. The van der Waals surface area contributed by atoms with Crippen LogP contribution in [0.3, 0.4) is 0 Å². The molecule has 0 bridgehead atoms. The Morgan fingerprint density at radius 3 is 2.31 bits per heavy atom. The minimum absolute atomic E-state index is 0.0143. The van der Waals surface area contributed by atoms with E-state index in [1.807, 2.05) is 20.8 Å². The van der Waals surface area contributed by atoms with Crippen molar-refractivity contribution in [2.45, 2.75) is 26.9 Å². The van der Waals surface area contributed by atoms with E-state index in [1.54, 1.807) is 25.6 Å². The Bertz CT molecular complexity index is 357. The van der Waals surface area contributed by atoms with Crippen LogP contribution in [0, 0.1) is 5.92 Å². The van der Waals surface area contributed by atoms with Gasteiger partial charge in [-0.1, -0.05) is 13.8 Å². The molecule has 0 aliphatic carbocycles. The van der Waals surface area contributed by atoms with Crippen LogP contribution in [0.5, 0.6) is 0 Å². The van der Waals surface area contributed by atoms with Gasteiger partial charge < -0.3 is 10.5 Å². The van der Waals surface area contributed by atoms with E-state index in [0.717, 1.165) is 11.3 Å². The molecular formula is C12H19N3O. The molecule has 1 aromatic heterocycles. The maximum absolute atomic E-state index is 5.83. The Hall–Kier alpha value is -1.42. The van der Waals surface area contributed by atoms with E-state index in [9.17, 15) is 0 Å². The number of hydrogen-bond donors (Lipinski definition) is 1. The van der Waals surface area contributed by atoms with Crippen LogP contribution in [0.15, 0.2) is 18.1 Å². The van der Waals surface area contributed by atoms with E-state index >= 15 is 0 Å². The topological polar surface area (TPSA) is 61.0 Å². The first-order chi connectivity index (χ1) is 7.54. The van der Waals surface area contributed by atoms with Gasteiger partial charge >= 0.3 is 0 Å². The fraction of sp³-hybridized carbons (Fsp3) is 0.500. The lowest BCUT2D eigenvalue weighted by atomic mass is 10.1. The van der Waals surface area contributed by atoms with Crippen molar-refractivity contribution in [3.8, 4) is 0 Å². The molecule has 0 aliphatic heterocycles. The number of hydrogen-bond acceptors (Lipinski definition) is 4. The molecule has 0 spiro atoms. The molecule has 1 unspecified atom stereocenters. The first-order valence-corrected chi connectivity index (χ1v) is 5.36. The van der Waals surface area contributed by atoms with Crippen LogP contribution in [0.2, 0.25) is 0 Å². The predicted octanol–water partition coefficient (Wildman–Crippen LogP) is 2.14. The van der Waals surface area contributed by atoms with Gasteiger partial charge in [0.1, 0.15) is 0 Å². The van der Waals surface area contributed by atoms with Crippen molar-refractivity contribution in [2.75, 3.05) is 7.11 Å². The molecule has 2 N–H and O–H groups in total. The number of allylic oxidation sites excluding steroid dienone is 1. The van der Waals surface area contributed by atoms with Gasteiger partial charge in [-0.25, -0.2) is 9.97 Å². The lowest BCUT2D eigenvalue weighted by molar-refractivity contribution is 0.119. The molecule has 4 heteroatoms. The van der Waals surface area contributed by atoms with E-state index in [2.05, 4.69) is 9.97 Å². The van der Waals surface area contributed by atoms with Crippen LogP contribution >= 0.6 is 0 Å². The van der Waals surface area contributed by atoms with Crippen molar-refractivity contribution < 1.29 is 4.74 Å². The Morgan fingerprint density at radius 1 is 1.31 bits per heavy atom. The smallest absolute Gasteiger partial charge is 0.153 e. The highest BCUT2D eigenvalue weighted by atomic mass is 16.5. The number of aromatic nitrogens is 2. The van der Waals surface area contributed by atoms with Gasteiger partial charge in [0.15, 0.2) is 5.82 Å². The average Bonchev–Trinajstić information content (AvgIpc) is 2.28. The molecule has 1 heterocycles. The van der Waals surface area contributed by atoms with Gasteiger partial charge in [-0.05, 0) is 12.8 Å². The third-order valence-electron chi connectivity index (χ3n) is 2.48. The summed E-state index contributed by atoms with van der Waals surface area (Å²) >= 11 is 0. The predicted molar refractivity (Wildman–Crippen MR) is 64.5 cm³/mol. The zero-order chi connectivity index (χ0) is 12.1. The molecule has 4 nitrogen and oxygen atoms in total.